The number of aryl methyl sites for hydroxylation is 1. The van der Waals surface area contributed by atoms with Crippen molar-refractivity contribution in [2.45, 2.75) is 13.5 Å². The number of hydrogen-bond acceptors (Lipinski definition) is 1. The number of methoxy groups -OCH3 is 1. The van der Waals surface area contributed by atoms with Crippen LogP contribution in [0.1, 0.15) is 11.1 Å². The van der Waals surface area contributed by atoms with Crippen molar-refractivity contribution < 1.29 is 4.74 Å². The van der Waals surface area contributed by atoms with E-state index in [0.717, 1.165) is 0 Å². The molecule has 0 bridgehead atoms. The van der Waals surface area contributed by atoms with Crippen LogP contribution in [0.2, 0.25) is 0 Å². The van der Waals surface area contributed by atoms with Gasteiger partial charge in [-0.3, -0.25) is 0 Å². The summed E-state index contributed by atoms with van der Waals surface area (Å²) in [7, 11) is 1.73. The van der Waals surface area contributed by atoms with Crippen LogP contribution in [0, 0.1) is 6.92 Å². The number of hydrogen-bond donors (Lipinski definition) is 0. The minimum absolute atomic E-state index is 0.657. The van der Waals surface area contributed by atoms with Crippen LogP contribution in [0.15, 0.2) is 48.5 Å². The fourth-order valence-electron chi connectivity index (χ4n) is 1.90. The highest BCUT2D eigenvalue weighted by atomic mass is 16.5. The maximum Gasteiger partial charge on any atom is 0.0719 e. The van der Waals surface area contributed by atoms with Crippen molar-refractivity contribution in [3.8, 4) is 11.1 Å². The Balaban J connectivity index is 2.46. The Hall–Kier alpha value is -1.60. The largest absolute Gasteiger partial charge is 0.380 e. The first-order chi connectivity index (χ1) is 7.81. The van der Waals surface area contributed by atoms with E-state index >= 15 is 0 Å². The molecule has 0 saturated heterocycles. The molecule has 0 aliphatic rings. The topological polar surface area (TPSA) is 9.23 Å². The van der Waals surface area contributed by atoms with Crippen LogP contribution in [0.4, 0.5) is 0 Å². The van der Waals surface area contributed by atoms with Crippen LogP contribution in [0.25, 0.3) is 11.1 Å². The van der Waals surface area contributed by atoms with Crippen molar-refractivity contribution in [1.82, 2.24) is 0 Å². The molecular weight excluding hydrogens is 196 g/mol. The summed E-state index contributed by atoms with van der Waals surface area (Å²) >= 11 is 0. The second-order valence-corrected chi connectivity index (χ2v) is 3.96. The fraction of sp³-hybridized carbons (Fsp3) is 0.200. The monoisotopic (exact) mass is 212 g/mol. The zero-order valence-corrected chi connectivity index (χ0v) is 9.73. The Morgan fingerprint density at radius 1 is 1.00 bits per heavy atom. The van der Waals surface area contributed by atoms with Crippen molar-refractivity contribution in [1.29, 1.82) is 0 Å². The van der Waals surface area contributed by atoms with E-state index in [1.807, 2.05) is 6.07 Å². The zero-order valence-electron chi connectivity index (χ0n) is 9.73. The van der Waals surface area contributed by atoms with Gasteiger partial charge < -0.3 is 4.74 Å². The molecule has 1 heteroatoms. The van der Waals surface area contributed by atoms with E-state index in [1.54, 1.807) is 7.11 Å². The summed E-state index contributed by atoms with van der Waals surface area (Å²) in [6, 6.07) is 16.9. The summed E-state index contributed by atoms with van der Waals surface area (Å²) in [6.07, 6.45) is 0. The molecule has 1 nitrogen and oxygen atoms in total. The van der Waals surface area contributed by atoms with Gasteiger partial charge >= 0.3 is 0 Å². The van der Waals surface area contributed by atoms with Crippen LogP contribution >= 0.6 is 0 Å². The number of rotatable bonds is 3. The van der Waals surface area contributed by atoms with Crippen molar-refractivity contribution in [3.05, 3.63) is 59.7 Å². The number of benzene rings is 2. The van der Waals surface area contributed by atoms with Crippen LogP contribution < -0.4 is 0 Å². The van der Waals surface area contributed by atoms with Crippen molar-refractivity contribution in [3.63, 3.8) is 0 Å². The Morgan fingerprint density at radius 3 is 2.56 bits per heavy atom. The van der Waals surface area contributed by atoms with Gasteiger partial charge in [0.15, 0.2) is 0 Å². The first kappa shape index (κ1) is 10.9. The van der Waals surface area contributed by atoms with Gasteiger partial charge in [0.25, 0.3) is 0 Å². The third kappa shape index (κ3) is 2.31. The molecule has 0 radical (unpaired) electrons. The van der Waals surface area contributed by atoms with Crippen molar-refractivity contribution >= 4 is 0 Å². The first-order valence-electron chi connectivity index (χ1n) is 5.45. The molecule has 2 aromatic carbocycles. The minimum atomic E-state index is 0.657. The van der Waals surface area contributed by atoms with E-state index in [0.29, 0.717) is 6.61 Å². The molecule has 0 atom stereocenters. The van der Waals surface area contributed by atoms with E-state index in [1.165, 1.54) is 22.3 Å². The zero-order chi connectivity index (χ0) is 11.4. The van der Waals surface area contributed by atoms with Gasteiger partial charge in [0.1, 0.15) is 0 Å². The normalized spacial score (nSPS) is 10.4. The third-order valence-electron chi connectivity index (χ3n) is 2.65. The summed E-state index contributed by atoms with van der Waals surface area (Å²) in [5, 5.41) is 0. The molecule has 0 unspecified atom stereocenters. The molecule has 0 spiro atoms. The summed E-state index contributed by atoms with van der Waals surface area (Å²) in [5.74, 6) is 0. The molecule has 0 saturated carbocycles. The molecule has 0 heterocycles. The van der Waals surface area contributed by atoms with Gasteiger partial charge in [-0.05, 0) is 23.6 Å². The van der Waals surface area contributed by atoms with Crippen LogP contribution in [-0.2, 0) is 11.3 Å². The molecule has 0 aromatic heterocycles. The van der Waals surface area contributed by atoms with Crippen molar-refractivity contribution in [2.24, 2.45) is 0 Å². The van der Waals surface area contributed by atoms with Gasteiger partial charge in [0.05, 0.1) is 6.61 Å². The molecule has 0 aliphatic heterocycles. The molecule has 0 amide bonds. The lowest BCUT2D eigenvalue weighted by molar-refractivity contribution is 0.185. The average Bonchev–Trinajstić information content (AvgIpc) is 2.30. The molecule has 82 valence electrons. The number of ether oxygens (including phenoxy) is 1. The first-order valence-corrected chi connectivity index (χ1v) is 5.45. The van der Waals surface area contributed by atoms with E-state index in [9.17, 15) is 0 Å². The lowest BCUT2D eigenvalue weighted by Gasteiger charge is -2.09. The van der Waals surface area contributed by atoms with E-state index < -0.39 is 0 Å². The fourth-order valence-corrected chi connectivity index (χ4v) is 1.90. The molecule has 0 aliphatic carbocycles. The highest BCUT2D eigenvalue weighted by Gasteiger charge is 2.03. The molecule has 0 fully saturated rings. The highest BCUT2D eigenvalue weighted by molar-refractivity contribution is 5.67. The standard InChI is InChI=1S/C15H16O/c1-12-6-5-8-13(10-12)15-9-4-3-7-14(15)11-16-2/h3-10H,11H2,1-2H3. The van der Waals surface area contributed by atoms with E-state index in [-0.39, 0.29) is 0 Å². The van der Waals surface area contributed by atoms with Gasteiger partial charge in [-0.15, -0.1) is 0 Å². The molecule has 0 N–H and O–H groups in total. The Labute approximate surface area is 96.7 Å². The second kappa shape index (κ2) is 4.95. The molecule has 2 rings (SSSR count). The van der Waals surface area contributed by atoms with Gasteiger partial charge in [0.2, 0.25) is 0 Å². The SMILES string of the molecule is COCc1ccccc1-c1cccc(C)c1. The Kier molecular flexibility index (Phi) is 3.37. The van der Waals surface area contributed by atoms with Gasteiger partial charge in [-0.2, -0.15) is 0 Å². The third-order valence-corrected chi connectivity index (χ3v) is 2.65. The van der Waals surface area contributed by atoms with Gasteiger partial charge in [0, 0.05) is 7.11 Å². The summed E-state index contributed by atoms with van der Waals surface area (Å²) in [4.78, 5) is 0. The highest BCUT2D eigenvalue weighted by Crippen LogP contribution is 2.24. The Morgan fingerprint density at radius 2 is 1.81 bits per heavy atom. The smallest absolute Gasteiger partial charge is 0.0719 e. The molecular formula is C15H16O. The minimum Gasteiger partial charge on any atom is -0.380 e. The maximum atomic E-state index is 5.22. The van der Waals surface area contributed by atoms with Crippen LogP contribution in [-0.4, -0.2) is 7.11 Å². The van der Waals surface area contributed by atoms with Gasteiger partial charge in [-0.25, -0.2) is 0 Å². The lowest BCUT2D eigenvalue weighted by Crippen LogP contribution is -1.91. The lowest BCUT2D eigenvalue weighted by atomic mass is 9.99. The predicted molar refractivity (Wildman–Crippen MR) is 67.3 cm³/mol. The van der Waals surface area contributed by atoms with Crippen LogP contribution in [0.5, 0.6) is 0 Å². The molecule has 16 heavy (non-hydrogen) atoms. The average molecular weight is 212 g/mol. The van der Waals surface area contributed by atoms with E-state index in [4.69, 9.17) is 4.74 Å². The summed E-state index contributed by atoms with van der Waals surface area (Å²) < 4.78 is 5.22. The Bertz CT molecular complexity index is 474. The maximum absolute atomic E-state index is 5.22. The van der Waals surface area contributed by atoms with Gasteiger partial charge in [-0.1, -0.05) is 54.1 Å². The summed E-state index contributed by atoms with van der Waals surface area (Å²) in [5.41, 5.74) is 5.03. The quantitative estimate of drug-likeness (QED) is 0.751. The molecule has 2 aromatic rings. The van der Waals surface area contributed by atoms with E-state index in [2.05, 4.69) is 49.4 Å². The van der Waals surface area contributed by atoms with Crippen molar-refractivity contribution in [2.75, 3.05) is 7.11 Å². The summed E-state index contributed by atoms with van der Waals surface area (Å²) in [6.45, 7) is 2.77. The predicted octanol–water partition coefficient (Wildman–Crippen LogP) is 3.81. The second-order valence-electron chi connectivity index (χ2n) is 3.96. The van der Waals surface area contributed by atoms with Crippen LogP contribution in [0.3, 0.4) is 0 Å².